The van der Waals surface area contributed by atoms with Gasteiger partial charge < -0.3 is 9.64 Å². The molecule has 2 aromatic carbocycles. The number of nitrogens with zero attached hydrogens (tertiary/aromatic N) is 2. The van der Waals surface area contributed by atoms with E-state index in [1.165, 1.54) is 52.7 Å². The van der Waals surface area contributed by atoms with E-state index >= 15 is 0 Å². The van der Waals surface area contributed by atoms with Crippen molar-refractivity contribution < 1.29 is 18.7 Å². The van der Waals surface area contributed by atoms with Crippen molar-refractivity contribution in [1.82, 2.24) is 9.88 Å². The first-order valence-electron chi connectivity index (χ1n) is 8.65. The van der Waals surface area contributed by atoms with Crippen molar-refractivity contribution in [3.8, 4) is 0 Å². The lowest BCUT2D eigenvalue weighted by molar-refractivity contribution is -0.148. The fourth-order valence-electron chi connectivity index (χ4n) is 2.47. The minimum atomic E-state index is -0.640. The van der Waals surface area contributed by atoms with Crippen molar-refractivity contribution in [2.24, 2.45) is 0 Å². The lowest BCUT2D eigenvalue weighted by atomic mass is 10.2. The number of halogens is 1. The lowest BCUT2D eigenvalue weighted by Crippen LogP contribution is -2.33. The summed E-state index contributed by atoms with van der Waals surface area (Å²) < 4.78 is 18.9. The van der Waals surface area contributed by atoms with Crippen LogP contribution in [0.1, 0.15) is 23.5 Å². The van der Waals surface area contributed by atoms with E-state index in [0.717, 1.165) is 15.2 Å². The number of benzene rings is 2. The Labute approximate surface area is 166 Å². The second-order valence-corrected chi connectivity index (χ2v) is 7.26. The molecule has 5 nitrogen and oxygen atoms in total. The highest BCUT2D eigenvalue weighted by molar-refractivity contribution is 7.18. The number of carbonyl (C=O) groups is 2. The maximum atomic E-state index is 12.9. The number of rotatable bonds is 6. The molecule has 0 radical (unpaired) electrons. The van der Waals surface area contributed by atoms with Crippen molar-refractivity contribution in [2.45, 2.75) is 13.0 Å². The van der Waals surface area contributed by atoms with Crippen LogP contribution >= 0.6 is 11.3 Å². The average molecular weight is 398 g/mol. The quantitative estimate of drug-likeness (QED) is 0.461. The monoisotopic (exact) mass is 398 g/mol. The van der Waals surface area contributed by atoms with Crippen LogP contribution in [0.3, 0.4) is 0 Å². The summed E-state index contributed by atoms with van der Waals surface area (Å²) >= 11 is 1.53. The Balaban J connectivity index is 1.54. The molecule has 0 fully saturated rings. The van der Waals surface area contributed by atoms with E-state index in [1.807, 2.05) is 31.2 Å². The van der Waals surface area contributed by atoms with E-state index in [-0.39, 0.29) is 24.4 Å². The van der Waals surface area contributed by atoms with E-state index in [0.29, 0.717) is 5.56 Å². The van der Waals surface area contributed by atoms with E-state index in [4.69, 9.17) is 4.74 Å². The fraction of sp³-hybridized carbons (Fsp3) is 0.190. The molecule has 28 heavy (non-hydrogen) atoms. The number of hydrogen-bond acceptors (Lipinski definition) is 5. The number of fused-ring (bicyclic) bond motifs is 1. The number of carbonyl (C=O) groups excluding carboxylic acids is 2. The third-order valence-electron chi connectivity index (χ3n) is 4.26. The highest BCUT2D eigenvalue weighted by atomic mass is 32.1. The Morgan fingerprint density at radius 3 is 2.64 bits per heavy atom. The van der Waals surface area contributed by atoms with E-state index in [2.05, 4.69) is 4.98 Å². The molecule has 0 N–H and O–H groups in total. The predicted molar refractivity (Wildman–Crippen MR) is 107 cm³/mol. The first kappa shape index (κ1) is 19.7. The molecule has 0 unspecified atom stereocenters. The van der Waals surface area contributed by atoms with Gasteiger partial charge in [0, 0.05) is 13.1 Å². The summed E-state index contributed by atoms with van der Waals surface area (Å²) in [5.74, 6) is -1.32. The van der Waals surface area contributed by atoms with Crippen LogP contribution in [0.2, 0.25) is 0 Å². The second kappa shape index (κ2) is 8.75. The highest BCUT2D eigenvalue weighted by Crippen LogP contribution is 2.28. The number of likely N-dealkylation sites (N-methyl/N-ethyl adjacent to an activating group) is 1. The molecular formula is C21H19FN2O3S. The molecule has 0 aliphatic carbocycles. The third-order valence-corrected chi connectivity index (χ3v) is 5.47. The smallest absolute Gasteiger partial charge is 0.331 e. The number of amides is 1. The van der Waals surface area contributed by atoms with Crippen LogP contribution in [-0.4, -0.2) is 35.4 Å². The topological polar surface area (TPSA) is 59.5 Å². The number of hydrogen-bond donors (Lipinski definition) is 0. The van der Waals surface area contributed by atoms with Gasteiger partial charge in [0.15, 0.2) is 6.61 Å². The van der Waals surface area contributed by atoms with Crippen LogP contribution in [0.15, 0.2) is 54.6 Å². The molecule has 1 amide bonds. The number of para-hydroxylation sites is 1. The molecule has 1 heterocycles. The van der Waals surface area contributed by atoms with Crippen LogP contribution in [0.25, 0.3) is 16.3 Å². The Kier molecular flexibility index (Phi) is 6.16. The van der Waals surface area contributed by atoms with Gasteiger partial charge >= 0.3 is 5.97 Å². The summed E-state index contributed by atoms with van der Waals surface area (Å²) in [6, 6.07) is 13.2. The normalized spacial score (nSPS) is 12.2. The van der Waals surface area contributed by atoms with Gasteiger partial charge in [0.25, 0.3) is 5.91 Å². The summed E-state index contributed by atoms with van der Waals surface area (Å²) in [7, 11) is 1.65. The molecule has 0 aliphatic heterocycles. The average Bonchev–Trinajstić information content (AvgIpc) is 3.14. The zero-order valence-electron chi connectivity index (χ0n) is 15.5. The van der Waals surface area contributed by atoms with Gasteiger partial charge in [0.05, 0.1) is 16.3 Å². The molecule has 0 saturated carbocycles. The molecule has 3 rings (SSSR count). The summed E-state index contributed by atoms with van der Waals surface area (Å²) in [5, 5.41) is 0.819. The van der Waals surface area contributed by atoms with E-state index in [9.17, 15) is 14.0 Å². The Hall–Kier alpha value is -3.06. The number of esters is 1. The van der Waals surface area contributed by atoms with Gasteiger partial charge in [-0.05, 0) is 42.8 Å². The Morgan fingerprint density at radius 2 is 1.93 bits per heavy atom. The standard InChI is InChI=1S/C21H19FN2O3S/c1-14(21-23-17-5-3-4-6-18(17)28-21)24(2)19(25)13-27-20(26)12-9-15-7-10-16(22)11-8-15/h3-12,14H,13H2,1-2H3/b12-9+/t14-/m0/s1. The summed E-state index contributed by atoms with van der Waals surface area (Å²) in [5.41, 5.74) is 1.55. The van der Waals surface area contributed by atoms with Gasteiger partial charge in [-0.2, -0.15) is 0 Å². The largest absolute Gasteiger partial charge is 0.452 e. The lowest BCUT2D eigenvalue weighted by Gasteiger charge is -2.22. The maximum Gasteiger partial charge on any atom is 0.331 e. The molecule has 0 spiro atoms. The molecule has 0 aliphatic rings. The van der Waals surface area contributed by atoms with Crippen LogP contribution in [-0.2, 0) is 14.3 Å². The van der Waals surface area contributed by atoms with Gasteiger partial charge in [0.1, 0.15) is 10.8 Å². The number of ether oxygens (including phenoxy) is 1. The molecular weight excluding hydrogens is 379 g/mol. The van der Waals surface area contributed by atoms with Crippen LogP contribution in [0.5, 0.6) is 0 Å². The Morgan fingerprint density at radius 1 is 1.21 bits per heavy atom. The van der Waals surface area contributed by atoms with Crippen molar-refractivity contribution in [3.63, 3.8) is 0 Å². The predicted octanol–water partition coefficient (Wildman–Crippen LogP) is 4.21. The number of thiazole rings is 1. The molecule has 3 aromatic rings. The summed E-state index contributed by atoms with van der Waals surface area (Å²) in [6.45, 7) is 1.52. The van der Waals surface area contributed by atoms with Crippen molar-refractivity contribution in [1.29, 1.82) is 0 Å². The zero-order valence-corrected chi connectivity index (χ0v) is 16.3. The van der Waals surface area contributed by atoms with Crippen molar-refractivity contribution in [3.05, 3.63) is 71.0 Å². The molecule has 0 saturated heterocycles. The van der Waals surface area contributed by atoms with Crippen LogP contribution in [0.4, 0.5) is 4.39 Å². The molecule has 1 atom stereocenters. The second-order valence-electron chi connectivity index (χ2n) is 6.19. The first-order valence-corrected chi connectivity index (χ1v) is 9.47. The SMILES string of the molecule is C[C@@H](c1nc2ccccc2s1)N(C)C(=O)COC(=O)/C=C/c1ccc(F)cc1. The van der Waals surface area contributed by atoms with Gasteiger partial charge in [-0.25, -0.2) is 14.2 Å². The zero-order chi connectivity index (χ0) is 20.1. The summed E-state index contributed by atoms with van der Waals surface area (Å²) in [4.78, 5) is 30.2. The van der Waals surface area contributed by atoms with Crippen molar-refractivity contribution >= 4 is 39.5 Å². The first-order chi connectivity index (χ1) is 13.4. The van der Waals surface area contributed by atoms with Crippen LogP contribution < -0.4 is 0 Å². The fourth-order valence-corrected chi connectivity index (χ4v) is 3.53. The molecule has 7 heteroatoms. The maximum absolute atomic E-state index is 12.9. The Bertz CT molecular complexity index is 981. The highest BCUT2D eigenvalue weighted by Gasteiger charge is 2.21. The van der Waals surface area contributed by atoms with Gasteiger partial charge in [-0.15, -0.1) is 11.3 Å². The van der Waals surface area contributed by atoms with Crippen molar-refractivity contribution in [2.75, 3.05) is 13.7 Å². The molecule has 1 aromatic heterocycles. The van der Waals surface area contributed by atoms with Gasteiger partial charge in [-0.3, -0.25) is 4.79 Å². The van der Waals surface area contributed by atoms with E-state index < -0.39 is 5.97 Å². The molecule has 0 bridgehead atoms. The third kappa shape index (κ3) is 4.80. The van der Waals surface area contributed by atoms with Crippen LogP contribution in [0, 0.1) is 5.82 Å². The summed E-state index contributed by atoms with van der Waals surface area (Å²) in [6.07, 6.45) is 2.71. The van der Waals surface area contributed by atoms with Gasteiger partial charge in [-0.1, -0.05) is 24.3 Å². The van der Waals surface area contributed by atoms with Gasteiger partial charge in [0.2, 0.25) is 0 Å². The molecule has 144 valence electrons. The minimum Gasteiger partial charge on any atom is -0.452 e. The van der Waals surface area contributed by atoms with E-state index in [1.54, 1.807) is 7.05 Å². The minimum absolute atomic E-state index is 0.238. The number of aromatic nitrogens is 1.